The van der Waals surface area contributed by atoms with Crippen molar-refractivity contribution in [1.82, 2.24) is 10.2 Å². The van der Waals surface area contributed by atoms with E-state index in [1.54, 1.807) is 11.8 Å². The first-order chi connectivity index (χ1) is 7.49. The molecule has 16 heavy (non-hydrogen) atoms. The quantitative estimate of drug-likeness (QED) is 0.740. The van der Waals surface area contributed by atoms with Crippen LogP contribution in [0.4, 0.5) is 0 Å². The molecule has 0 aromatic heterocycles. The summed E-state index contributed by atoms with van der Waals surface area (Å²) in [6.07, 6.45) is 0.880. The second kappa shape index (κ2) is 5.63. The number of nitrogens with zero attached hydrogens (tertiary/aromatic N) is 1. The van der Waals surface area contributed by atoms with Crippen molar-refractivity contribution >= 4 is 15.7 Å². The Kier molecular flexibility index (Phi) is 4.73. The predicted molar refractivity (Wildman–Crippen MR) is 63.0 cm³/mol. The molecule has 0 unspecified atom stereocenters. The Morgan fingerprint density at radius 3 is 2.69 bits per heavy atom. The second-order valence-corrected chi connectivity index (χ2v) is 6.63. The van der Waals surface area contributed by atoms with Crippen LogP contribution in [0, 0.1) is 0 Å². The van der Waals surface area contributed by atoms with Crippen molar-refractivity contribution in [2.24, 2.45) is 0 Å². The topological polar surface area (TPSA) is 66.5 Å². The van der Waals surface area contributed by atoms with Crippen LogP contribution in [0.15, 0.2) is 0 Å². The molecule has 0 aromatic carbocycles. The van der Waals surface area contributed by atoms with Crippen molar-refractivity contribution in [3.63, 3.8) is 0 Å². The zero-order chi connectivity index (χ0) is 12.2. The second-order valence-electron chi connectivity index (χ2n) is 4.02. The smallest absolute Gasteiger partial charge is 0.240 e. The van der Waals surface area contributed by atoms with Gasteiger partial charge in [-0.1, -0.05) is 6.92 Å². The average molecular weight is 248 g/mol. The summed E-state index contributed by atoms with van der Waals surface area (Å²) in [6.45, 7) is 5.93. The molecule has 0 aromatic rings. The van der Waals surface area contributed by atoms with Gasteiger partial charge in [-0.15, -0.1) is 0 Å². The third kappa shape index (κ3) is 3.18. The lowest BCUT2D eigenvalue weighted by Gasteiger charge is -2.23. The molecule has 1 aliphatic rings. The molecule has 1 heterocycles. The van der Waals surface area contributed by atoms with Gasteiger partial charge in [-0.25, -0.2) is 8.42 Å². The van der Waals surface area contributed by atoms with E-state index < -0.39 is 15.1 Å². The summed E-state index contributed by atoms with van der Waals surface area (Å²) in [5.74, 6) is -0.239. The van der Waals surface area contributed by atoms with Crippen LogP contribution in [0.1, 0.15) is 20.3 Å². The molecule has 0 bridgehead atoms. The minimum atomic E-state index is -3.27. The van der Waals surface area contributed by atoms with Gasteiger partial charge in [-0.3, -0.25) is 4.79 Å². The lowest BCUT2D eigenvalue weighted by atomic mass is 10.3. The summed E-state index contributed by atoms with van der Waals surface area (Å²) in [6, 6.07) is 0. The number of amides is 1. The van der Waals surface area contributed by atoms with Gasteiger partial charge in [-0.2, -0.15) is 0 Å². The lowest BCUT2D eigenvalue weighted by Crippen LogP contribution is -2.43. The van der Waals surface area contributed by atoms with Crippen LogP contribution >= 0.6 is 0 Å². The maximum absolute atomic E-state index is 12.0. The van der Waals surface area contributed by atoms with Crippen molar-refractivity contribution in [3.05, 3.63) is 0 Å². The van der Waals surface area contributed by atoms with Gasteiger partial charge in [0.15, 0.2) is 9.84 Å². The van der Waals surface area contributed by atoms with Gasteiger partial charge >= 0.3 is 0 Å². The molecule has 1 aliphatic heterocycles. The van der Waals surface area contributed by atoms with Crippen LogP contribution in [-0.2, 0) is 14.6 Å². The van der Waals surface area contributed by atoms with E-state index in [-0.39, 0.29) is 11.7 Å². The van der Waals surface area contributed by atoms with Crippen LogP contribution in [0.2, 0.25) is 0 Å². The van der Waals surface area contributed by atoms with E-state index in [4.69, 9.17) is 0 Å². The van der Waals surface area contributed by atoms with Crippen LogP contribution in [0.5, 0.6) is 0 Å². The summed E-state index contributed by atoms with van der Waals surface area (Å²) in [5, 5.41) is 2.27. The van der Waals surface area contributed by atoms with Crippen molar-refractivity contribution in [2.45, 2.75) is 25.5 Å². The minimum absolute atomic E-state index is 0.0198. The molecule has 0 radical (unpaired) electrons. The minimum Gasteiger partial charge on any atom is -0.340 e. The molecular weight excluding hydrogens is 228 g/mol. The maximum Gasteiger partial charge on any atom is 0.240 e. The fourth-order valence-electron chi connectivity index (χ4n) is 1.73. The zero-order valence-electron chi connectivity index (χ0n) is 9.90. The van der Waals surface area contributed by atoms with Gasteiger partial charge in [0.05, 0.1) is 0 Å². The highest BCUT2D eigenvalue weighted by molar-refractivity contribution is 7.92. The van der Waals surface area contributed by atoms with Gasteiger partial charge in [-0.05, 0) is 19.9 Å². The molecule has 1 atom stereocenters. The Morgan fingerprint density at radius 2 is 2.06 bits per heavy atom. The highest BCUT2D eigenvalue weighted by Gasteiger charge is 2.30. The largest absolute Gasteiger partial charge is 0.340 e. The molecule has 0 spiro atoms. The van der Waals surface area contributed by atoms with E-state index in [0.717, 1.165) is 19.5 Å². The van der Waals surface area contributed by atoms with E-state index in [0.29, 0.717) is 13.1 Å². The third-order valence-corrected chi connectivity index (χ3v) is 5.02. The molecule has 0 aliphatic carbocycles. The van der Waals surface area contributed by atoms with Gasteiger partial charge in [0, 0.05) is 25.4 Å². The standard InChI is InChI=1S/C10H20N2O3S/c1-3-16(14,15)9(2)10(13)12-7-4-5-11-6-8-12/h9,11H,3-8H2,1-2H3/t9-/m1/s1. The normalized spacial score (nSPS) is 20.2. The summed E-state index contributed by atoms with van der Waals surface area (Å²) < 4.78 is 23.2. The molecule has 1 rings (SSSR count). The van der Waals surface area contributed by atoms with E-state index >= 15 is 0 Å². The number of hydrogen-bond donors (Lipinski definition) is 1. The number of carbonyl (C=O) groups excluding carboxylic acids is 1. The molecule has 1 N–H and O–H groups in total. The molecule has 94 valence electrons. The van der Waals surface area contributed by atoms with Crippen LogP contribution in [-0.4, -0.2) is 56.4 Å². The first-order valence-corrected chi connectivity index (χ1v) is 7.41. The van der Waals surface area contributed by atoms with Crippen LogP contribution < -0.4 is 5.32 Å². The Morgan fingerprint density at radius 1 is 1.38 bits per heavy atom. The Hall–Kier alpha value is -0.620. The van der Waals surface area contributed by atoms with Gasteiger partial charge in [0.2, 0.25) is 5.91 Å². The SMILES string of the molecule is CCS(=O)(=O)[C@H](C)C(=O)N1CCCNCC1. The van der Waals surface area contributed by atoms with Crippen molar-refractivity contribution < 1.29 is 13.2 Å². The van der Waals surface area contributed by atoms with Gasteiger partial charge in [0.25, 0.3) is 0 Å². The number of nitrogens with one attached hydrogen (secondary N) is 1. The Bertz CT molecular complexity index is 332. The summed E-state index contributed by atoms with van der Waals surface area (Å²) in [4.78, 5) is 13.6. The number of sulfone groups is 1. The highest BCUT2D eigenvalue weighted by Crippen LogP contribution is 2.08. The Labute approximate surface area is 97.1 Å². The highest BCUT2D eigenvalue weighted by atomic mass is 32.2. The van der Waals surface area contributed by atoms with E-state index in [1.807, 2.05) is 0 Å². The van der Waals surface area contributed by atoms with E-state index in [1.165, 1.54) is 6.92 Å². The van der Waals surface area contributed by atoms with Crippen LogP contribution in [0.25, 0.3) is 0 Å². The predicted octanol–water partition coefficient (Wildman–Crippen LogP) is -0.368. The van der Waals surface area contributed by atoms with Crippen molar-refractivity contribution in [1.29, 1.82) is 0 Å². The van der Waals surface area contributed by atoms with Crippen LogP contribution in [0.3, 0.4) is 0 Å². The average Bonchev–Trinajstić information content (AvgIpc) is 2.55. The summed E-state index contributed by atoms with van der Waals surface area (Å²) in [5.41, 5.74) is 0. The monoisotopic (exact) mass is 248 g/mol. The molecule has 1 amide bonds. The molecule has 6 heteroatoms. The van der Waals surface area contributed by atoms with Gasteiger partial charge in [0.1, 0.15) is 5.25 Å². The Balaban J connectivity index is 2.69. The number of carbonyl (C=O) groups is 1. The number of hydrogen-bond acceptors (Lipinski definition) is 4. The summed E-state index contributed by atoms with van der Waals surface area (Å²) >= 11 is 0. The summed E-state index contributed by atoms with van der Waals surface area (Å²) in [7, 11) is -3.27. The first-order valence-electron chi connectivity index (χ1n) is 5.70. The van der Waals surface area contributed by atoms with Crippen molar-refractivity contribution in [3.8, 4) is 0 Å². The van der Waals surface area contributed by atoms with E-state index in [9.17, 15) is 13.2 Å². The third-order valence-electron chi connectivity index (χ3n) is 2.94. The lowest BCUT2D eigenvalue weighted by molar-refractivity contribution is -0.130. The molecule has 1 fully saturated rings. The fourth-order valence-corrected chi connectivity index (χ4v) is 2.68. The van der Waals surface area contributed by atoms with E-state index in [2.05, 4.69) is 5.32 Å². The maximum atomic E-state index is 12.0. The zero-order valence-corrected chi connectivity index (χ0v) is 10.7. The molecular formula is C10H20N2O3S. The molecule has 1 saturated heterocycles. The molecule has 0 saturated carbocycles. The van der Waals surface area contributed by atoms with Gasteiger partial charge < -0.3 is 10.2 Å². The first kappa shape index (κ1) is 13.4. The fraction of sp³-hybridized carbons (Fsp3) is 0.900. The molecule has 5 nitrogen and oxygen atoms in total. The number of rotatable bonds is 3. The van der Waals surface area contributed by atoms with Crippen molar-refractivity contribution in [2.75, 3.05) is 31.9 Å².